The first-order valence-corrected chi connectivity index (χ1v) is 14.0. The van der Waals surface area contributed by atoms with Gasteiger partial charge >= 0.3 is 12.2 Å². The zero-order valence-corrected chi connectivity index (χ0v) is 24.8. The summed E-state index contributed by atoms with van der Waals surface area (Å²) in [5.41, 5.74) is 1.42. The smallest absolute Gasteiger partial charge is 0.409 e. The second kappa shape index (κ2) is 12.0. The quantitative estimate of drug-likeness (QED) is 0.235. The summed E-state index contributed by atoms with van der Waals surface area (Å²) in [4.78, 5) is 30.4. The summed E-state index contributed by atoms with van der Waals surface area (Å²) in [6.45, 7) is 15.8. The molecule has 4 aromatic rings. The van der Waals surface area contributed by atoms with Gasteiger partial charge in [-0.1, -0.05) is 60.7 Å². The van der Waals surface area contributed by atoms with E-state index in [1.165, 1.54) is 0 Å². The topological polar surface area (TPSA) is 59.1 Å². The van der Waals surface area contributed by atoms with Gasteiger partial charge in [0.15, 0.2) is 0 Å². The molecular formula is C34H40N2O4. The van der Waals surface area contributed by atoms with Crippen LogP contribution in [0, 0.1) is 0 Å². The molecule has 0 heterocycles. The fraction of sp³-hybridized carbons (Fsp3) is 0.353. The van der Waals surface area contributed by atoms with E-state index in [0.717, 1.165) is 21.5 Å². The standard InChI is InChI=1S/C34H40N2O4/c1-21(2)35(22(3)4)33(37)39-29-19-17-25-13-9-11-15-27(25)31(29)32-28-16-12-10-14-26(28)18-20-30(32)40-34(38)36(23(5)6)24(7)8/h9-24H,1-8H3. The summed E-state index contributed by atoms with van der Waals surface area (Å²) in [6.07, 6.45) is -0.850. The summed E-state index contributed by atoms with van der Waals surface area (Å²) in [6, 6.07) is 23.3. The molecule has 210 valence electrons. The fourth-order valence-electron chi connectivity index (χ4n) is 5.52. The molecule has 6 nitrogen and oxygen atoms in total. The van der Waals surface area contributed by atoms with Crippen molar-refractivity contribution in [3.8, 4) is 22.6 Å². The van der Waals surface area contributed by atoms with E-state index in [-0.39, 0.29) is 24.2 Å². The van der Waals surface area contributed by atoms with E-state index in [4.69, 9.17) is 9.47 Å². The highest BCUT2D eigenvalue weighted by Crippen LogP contribution is 2.46. The first-order chi connectivity index (χ1) is 19.0. The van der Waals surface area contributed by atoms with E-state index in [2.05, 4.69) is 0 Å². The minimum Gasteiger partial charge on any atom is -0.409 e. The summed E-state index contributed by atoms with van der Waals surface area (Å²) in [7, 11) is 0. The van der Waals surface area contributed by atoms with Crippen LogP contribution >= 0.6 is 0 Å². The first kappa shape index (κ1) is 28.9. The van der Waals surface area contributed by atoms with Gasteiger partial charge in [-0.15, -0.1) is 0 Å². The molecular weight excluding hydrogens is 500 g/mol. The number of hydrogen-bond donors (Lipinski definition) is 0. The third kappa shape index (κ3) is 5.76. The van der Waals surface area contributed by atoms with Crippen LogP contribution in [0.15, 0.2) is 72.8 Å². The lowest BCUT2D eigenvalue weighted by atomic mass is 9.92. The van der Waals surface area contributed by atoms with E-state index in [9.17, 15) is 9.59 Å². The predicted molar refractivity (Wildman–Crippen MR) is 163 cm³/mol. The van der Waals surface area contributed by atoms with Crippen molar-refractivity contribution < 1.29 is 19.1 Å². The molecule has 0 saturated heterocycles. The van der Waals surface area contributed by atoms with Crippen LogP contribution in [0.5, 0.6) is 11.5 Å². The second-order valence-corrected chi connectivity index (χ2v) is 11.2. The third-order valence-corrected chi connectivity index (χ3v) is 7.07. The van der Waals surface area contributed by atoms with E-state index in [1.54, 1.807) is 9.80 Å². The Morgan fingerprint density at radius 2 is 0.825 bits per heavy atom. The van der Waals surface area contributed by atoms with E-state index >= 15 is 0 Å². The van der Waals surface area contributed by atoms with Crippen LogP contribution in [0.1, 0.15) is 55.4 Å². The van der Waals surface area contributed by atoms with Gasteiger partial charge < -0.3 is 19.3 Å². The van der Waals surface area contributed by atoms with Gasteiger partial charge in [-0.2, -0.15) is 0 Å². The number of ether oxygens (including phenoxy) is 2. The van der Waals surface area contributed by atoms with Gasteiger partial charge in [0.1, 0.15) is 11.5 Å². The molecule has 0 spiro atoms. The molecule has 0 aliphatic heterocycles. The van der Waals surface area contributed by atoms with Gasteiger partial charge in [0, 0.05) is 35.3 Å². The zero-order chi connectivity index (χ0) is 29.1. The van der Waals surface area contributed by atoms with Crippen molar-refractivity contribution in [3.05, 3.63) is 72.8 Å². The molecule has 0 unspecified atom stereocenters. The molecule has 0 fully saturated rings. The Kier molecular flexibility index (Phi) is 8.67. The number of fused-ring (bicyclic) bond motifs is 2. The lowest BCUT2D eigenvalue weighted by Gasteiger charge is -2.31. The number of carbonyl (C=O) groups is 2. The maximum Gasteiger partial charge on any atom is 0.415 e. The lowest BCUT2D eigenvalue weighted by Crippen LogP contribution is -2.43. The Balaban J connectivity index is 1.98. The van der Waals surface area contributed by atoms with Crippen molar-refractivity contribution >= 4 is 33.7 Å². The average molecular weight is 541 g/mol. The van der Waals surface area contributed by atoms with Crippen molar-refractivity contribution in [2.24, 2.45) is 0 Å². The highest BCUT2D eigenvalue weighted by Gasteiger charge is 2.28. The molecule has 4 aromatic carbocycles. The third-order valence-electron chi connectivity index (χ3n) is 7.07. The van der Waals surface area contributed by atoms with Crippen molar-refractivity contribution in [2.45, 2.75) is 79.6 Å². The van der Waals surface area contributed by atoms with Crippen LogP contribution in [0.2, 0.25) is 0 Å². The minimum atomic E-state index is -0.425. The molecule has 0 saturated carbocycles. The lowest BCUT2D eigenvalue weighted by molar-refractivity contribution is 0.121. The molecule has 0 atom stereocenters. The Morgan fingerprint density at radius 3 is 1.15 bits per heavy atom. The number of hydrogen-bond acceptors (Lipinski definition) is 4. The maximum atomic E-state index is 13.5. The largest absolute Gasteiger partial charge is 0.415 e. The van der Waals surface area contributed by atoms with E-state index < -0.39 is 12.2 Å². The second-order valence-electron chi connectivity index (χ2n) is 11.2. The molecule has 0 radical (unpaired) electrons. The normalized spacial score (nSPS) is 11.6. The van der Waals surface area contributed by atoms with Gasteiger partial charge in [-0.05, 0) is 89.1 Å². The van der Waals surface area contributed by atoms with Crippen LogP contribution in [0.4, 0.5) is 9.59 Å². The SMILES string of the molecule is CC(C)N(C(=O)Oc1ccc2ccccc2c1-c1c(OC(=O)N(C(C)C)C(C)C)ccc2ccccc12)C(C)C. The van der Waals surface area contributed by atoms with Crippen molar-refractivity contribution in [3.63, 3.8) is 0 Å². The fourth-order valence-corrected chi connectivity index (χ4v) is 5.52. The first-order valence-electron chi connectivity index (χ1n) is 14.0. The Hall–Kier alpha value is -4.06. The molecule has 40 heavy (non-hydrogen) atoms. The van der Waals surface area contributed by atoms with Gasteiger partial charge in [-0.25, -0.2) is 9.59 Å². The van der Waals surface area contributed by atoms with Crippen LogP contribution in [0.3, 0.4) is 0 Å². The summed E-state index contributed by atoms with van der Waals surface area (Å²) in [5.74, 6) is 0.821. The number of carbonyl (C=O) groups excluding carboxylic acids is 2. The molecule has 4 rings (SSSR count). The molecule has 0 aromatic heterocycles. The predicted octanol–water partition coefficient (Wildman–Crippen LogP) is 8.90. The van der Waals surface area contributed by atoms with E-state index in [1.807, 2.05) is 128 Å². The van der Waals surface area contributed by atoms with Gasteiger partial charge in [0.25, 0.3) is 0 Å². The minimum absolute atomic E-state index is 0.0384. The molecule has 0 aliphatic carbocycles. The Labute approximate surface area is 237 Å². The summed E-state index contributed by atoms with van der Waals surface area (Å²) < 4.78 is 12.3. The van der Waals surface area contributed by atoms with Crippen LogP contribution in [0.25, 0.3) is 32.7 Å². The van der Waals surface area contributed by atoms with Gasteiger partial charge in [-0.3, -0.25) is 0 Å². The number of amides is 2. The number of nitrogens with zero attached hydrogens (tertiary/aromatic N) is 2. The summed E-state index contributed by atoms with van der Waals surface area (Å²) in [5, 5.41) is 3.76. The highest BCUT2D eigenvalue weighted by molar-refractivity contribution is 6.10. The number of rotatable bonds is 7. The molecule has 0 N–H and O–H groups in total. The van der Waals surface area contributed by atoms with Gasteiger partial charge in [0.05, 0.1) is 0 Å². The van der Waals surface area contributed by atoms with Crippen LogP contribution < -0.4 is 9.47 Å². The van der Waals surface area contributed by atoms with Crippen LogP contribution in [-0.4, -0.2) is 46.2 Å². The number of benzene rings is 4. The van der Waals surface area contributed by atoms with Crippen molar-refractivity contribution in [1.82, 2.24) is 9.80 Å². The monoisotopic (exact) mass is 540 g/mol. The Morgan fingerprint density at radius 1 is 0.500 bits per heavy atom. The molecule has 0 bridgehead atoms. The summed E-state index contributed by atoms with van der Waals surface area (Å²) >= 11 is 0. The molecule has 0 aliphatic rings. The Bertz CT molecular complexity index is 1390. The van der Waals surface area contributed by atoms with Gasteiger partial charge in [0.2, 0.25) is 0 Å². The highest BCUT2D eigenvalue weighted by atomic mass is 16.6. The van der Waals surface area contributed by atoms with Crippen molar-refractivity contribution in [1.29, 1.82) is 0 Å². The average Bonchev–Trinajstić information content (AvgIpc) is 2.88. The zero-order valence-electron chi connectivity index (χ0n) is 24.8. The van der Waals surface area contributed by atoms with Crippen molar-refractivity contribution in [2.75, 3.05) is 0 Å². The molecule has 2 amide bonds. The van der Waals surface area contributed by atoms with E-state index in [0.29, 0.717) is 22.6 Å². The maximum absolute atomic E-state index is 13.5. The molecule has 6 heteroatoms. The van der Waals surface area contributed by atoms with Crippen LogP contribution in [-0.2, 0) is 0 Å².